The van der Waals surface area contributed by atoms with E-state index in [0.717, 1.165) is 5.56 Å². The van der Waals surface area contributed by atoms with E-state index in [9.17, 15) is 14.9 Å². The molecule has 2 heterocycles. The average molecular weight is 418 g/mol. The molecule has 0 radical (unpaired) electrons. The lowest BCUT2D eigenvalue weighted by Gasteiger charge is -2.01. The van der Waals surface area contributed by atoms with Crippen LogP contribution in [0.1, 0.15) is 21.8 Å². The van der Waals surface area contributed by atoms with Crippen LogP contribution in [0.5, 0.6) is 0 Å². The first-order chi connectivity index (χ1) is 12.5. The van der Waals surface area contributed by atoms with Gasteiger partial charge in [0.05, 0.1) is 28.4 Å². The molecule has 9 nitrogen and oxygen atoms in total. The van der Waals surface area contributed by atoms with Crippen molar-refractivity contribution in [2.75, 3.05) is 0 Å². The summed E-state index contributed by atoms with van der Waals surface area (Å²) < 4.78 is 7.12. The van der Waals surface area contributed by atoms with Crippen LogP contribution in [-0.2, 0) is 6.54 Å². The van der Waals surface area contributed by atoms with Crippen LogP contribution in [-0.4, -0.2) is 26.8 Å². The summed E-state index contributed by atoms with van der Waals surface area (Å²) in [5.41, 5.74) is 3.37. The van der Waals surface area contributed by atoms with E-state index in [1.807, 2.05) is 0 Å². The molecule has 3 aromatic rings. The first-order valence-corrected chi connectivity index (χ1v) is 8.15. The van der Waals surface area contributed by atoms with Crippen LogP contribution in [0, 0.1) is 10.1 Å². The zero-order valence-electron chi connectivity index (χ0n) is 13.2. The molecule has 10 heteroatoms. The number of non-ortho nitro benzene ring substituents is 1. The van der Waals surface area contributed by atoms with Gasteiger partial charge in [0.25, 0.3) is 11.6 Å². The van der Waals surface area contributed by atoms with E-state index in [2.05, 4.69) is 31.6 Å². The van der Waals surface area contributed by atoms with Gasteiger partial charge in [-0.3, -0.25) is 19.6 Å². The number of hydrogen-bond acceptors (Lipinski definition) is 6. The minimum atomic E-state index is -0.484. The summed E-state index contributed by atoms with van der Waals surface area (Å²) in [5, 5.41) is 18.7. The predicted molar refractivity (Wildman–Crippen MR) is 95.9 cm³/mol. The van der Waals surface area contributed by atoms with E-state index in [-0.39, 0.29) is 11.4 Å². The van der Waals surface area contributed by atoms with Gasteiger partial charge in [0.1, 0.15) is 5.76 Å². The number of nitrogens with zero attached hydrogens (tertiary/aromatic N) is 4. The van der Waals surface area contributed by atoms with Gasteiger partial charge in [-0.2, -0.15) is 10.2 Å². The summed E-state index contributed by atoms with van der Waals surface area (Å²) in [4.78, 5) is 22.4. The van der Waals surface area contributed by atoms with Gasteiger partial charge in [0.15, 0.2) is 5.69 Å². The molecular formula is C16H12BrN5O4. The minimum absolute atomic E-state index is 0.0184. The molecule has 1 N–H and O–H groups in total. The Morgan fingerprint density at radius 3 is 2.81 bits per heavy atom. The molecule has 0 saturated heterocycles. The van der Waals surface area contributed by atoms with Gasteiger partial charge in [0, 0.05) is 18.3 Å². The minimum Gasteiger partial charge on any atom is -0.463 e. The Morgan fingerprint density at radius 1 is 1.38 bits per heavy atom. The number of aromatic nitrogens is 2. The Balaban J connectivity index is 1.66. The van der Waals surface area contributed by atoms with Crippen LogP contribution >= 0.6 is 15.9 Å². The second-order valence-electron chi connectivity index (χ2n) is 5.16. The van der Waals surface area contributed by atoms with Crippen LogP contribution in [0.4, 0.5) is 5.69 Å². The molecule has 0 aliphatic rings. The van der Waals surface area contributed by atoms with Crippen molar-refractivity contribution in [3.8, 4) is 0 Å². The number of nitro groups is 1. The number of amides is 1. The van der Waals surface area contributed by atoms with E-state index in [1.165, 1.54) is 24.6 Å². The second-order valence-corrected chi connectivity index (χ2v) is 6.02. The van der Waals surface area contributed by atoms with Crippen molar-refractivity contribution in [2.45, 2.75) is 6.54 Å². The average Bonchev–Trinajstić information content (AvgIpc) is 3.25. The quantitative estimate of drug-likeness (QED) is 0.376. The maximum Gasteiger partial charge on any atom is 0.293 e. The molecule has 0 unspecified atom stereocenters. The third-order valence-corrected chi connectivity index (χ3v) is 3.91. The second kappa shape index (κ2) is 7.74. The van der Waals surface area contributed by atoms with Crippen LogP contribution in [0.15, 0.2) is 62.8 Å². The summed E-state index contributed by atoms with van der Waals surface area (Å²) in [5.74, 6) is 0.0233. The van der Waals surface area contributed by atoms with Crippen LogP contribution < -0.4 is 5.43 Å². The first kappa shape index (κ1) is 17.5. The Labute approximate surface area is 155 Å². The number of rotatable bonds is 6. The third-order valence-electron chi connectivity index (χ3n) is 3.32. The molecule has 2 aromatic heterocycles. The Bertz CT molecular complexity index is 948. The summed E-state index contributed by atoms with van der Waals surface area (Å²) in [7, 11) is 0. The van der Waals surface area contributed by atoms with Crippen molar-refractivity contribution in [3.05, 3.63) is 80.5 Å². The predicted octanol–water partition coefficient (Wildman–Crippen LogP) is 2.96. The Hall–Kier alpha value is -3.27. The highest BCUT2D eigenvalue weighted by atomic mass is 79.9. The van der Waals surface area contributed by atoms with Crippen LogP contribution in [0.25, 0.3) is 0 Å². The van der Waals surface area contributed by atoms with E-state index < -0.39 is 10.8 Å². The standard InChI is InChI=1S/C16H12BrN5O4/c17-14-10-21(9-11-3-5-12(6-4-11)22(24)25)20-15(14)16(23)19-18-8-13-2-1-7-26-13/h1-8,10H,9H2,(H,19,23)/b18-8-. The number of carbonyl (C=O) groups excluding carboxylic acids is 1. The van der Waals surface area contributed by atoms with E-state index >= 15 is 0 Å². The fraction of sp³-hybridized carbons (Fsp3) is 0.0625. The molecule has 0 spiro atoms. The Morgan fingerprint density at radius 2 is 2.15 bits per heavy atom. The van der Waals surface area contributed by atoms with E-state index in [1.54, 1.807) is 35.1 Å². The smallest absolute Gasteiger partial charge is 0.293 e. The fourth-order valence-electron chi connectivity index (χ4n) is 2.11. The summed E-state index contributed by atoms with van der Waals surface area (Å²) in [6.07, 6.45) is 4.52. The zero-order valence-corrected chi connectivity index (χ0v) is 14.8. The molecule has 3 rings (SSSR count). The number of nitrogens with one attached hydrogen (secondary N) is 1. The highest BCUT2D eigenvalue weighted by molar-refractivity contribution is 9.10. The number of carbonyl (C=O) groups is 1. The lowest BCUT2D eigenvalue weighted by molar-refractivity contribution is -0.384. The number of hydrogen-bond donors (Lipinski definition) is 1. The number of halogens is 1. The van der Waals surface area contributed by atoms with Crippen LogP contribution in [0.2, 0.25) is 0 Å². The third kappa shape index (κ3) is 4.22. The van der Waals surface area contributed by atoms with Gasteiger partial charge in [-0.15, -0.1) is 0 Å². The van der Waals surface area contributed by atoms with Crippen LogP contribution in [0.3, 0.4) is 0 Å². The summed E-state index contributed by atoms with van der Waals surface area (Å²) in [6.45, 7) is 0.361. The van der Waals surface area contributed by atoms with E-state index in [0.29, 0.717) is 16.8 Å². The lowest BCUT2D eigenvalue weighted by atomic mass is 10.2. The van der Waals surface area contributed by atoms with Gasteiger partial charge >= 0.3 is 0 Å². The molecular weight excluding hydrogens is 406 g/mol. The number of nitro benzene ring substituents is 1. The highest BCUT2D eigenvalue weighted by Gasteiger charge is 2.15. The topological polar surface area (TPSA) is 116 Å². The highest BCUT2D eigenvalue weighted by Crippen LogP contribution is 2.17. The molecule has 1 aromatic carbocycles. The first-order valence-electron chi connectivity index (χ1n) is 7.36. The monoisotopic (exact) mass is 417 g/mol. The fourth-order valence-corrected chi connectivity index (χ4v) is 2.61. The number of hydrazone groups is 1. The van der Waals surface area contributed by atoms with Crippen molar-refractivity contribution in [2.24, 2.45) is 5.10 Å². The molecule has 0 bridgehead atoms. The van der Waals surface area contributed by atoms with Gasteiger partial charge < -0.3 is 4.42 Å². The zero-order chi connectivity index (χ0) is 18.5. The maximum absolute atomic E-state index is 12.1. The molecule has 0 aliphatic carbocycles. The molecule has 0 aliphatic heterocycles. The SMILES string of the molecule is O=C(N/N=C\c1ccco1)c1nn(Cc2ccc([N+](=O)[O-])cc2)cc1Br. The van der Waals surface area contributed by atoms with Crippen molar-refractivity contribution in [1.29, 1.82) is 0 Å². The van der Waals surface area contributed by atoms with Gasteiger partial charge in [-0.1, -0.05) is 12.1 Å². The molecule has 132 valence electrons. The normalized spacial score (nSPS) is 11.0. The van der Waals surface area contributed by atoms with Crippen molar-refractivity contribution in [3.63, 3.8) is 0 Å². The number of benzene rings is 1. The molecule has 1 amide bonds. The van der Waals surface area contributed by atoms with E-state index in [4.69, 9.17) is 4.42 Å². The van der Waals surface area contributed by atoms with Crippen molar-refractivity contribution < 1.29 is 14.1 Å². The van der Waals surface area contributed by atoms with Crippen molar-refractivity contribution >= 4 is 33.7 Å². The molecule has 0 fully saturated rings. The maximum atomic E-state index is 12.1. The van der Waals surface area contributed by atoms with Gasteiger partial charge in [-0.05, 0) is 33.6 Å². The largest absolute Gasteiger partial charge is 0.463 e. The Kier molecular flexibility index (Phi) is 5.23. The number of furan rings is 1. The van der Waals surface area contributed by atoms with Crippen molar-refractivity contribution in [1.82, 2.24) is 15.2 Å². The molecule has 26 heavy (non-hydrogen) atoms. The summed E-state index contributed by atoms with van der Waals surface area (Å²) >= 11 is 3.29. The molecule has 0 atom stereocenters. The van der Waals surface area contributed by atoms with Gasteiger partial charge in [0.2, 0.25) is 0 Å². The molecule has 0 saturated carbocycles. The lowest BCUT2D eigenvalue weighted by Crippen LogP contribution is -2.19. The summed E-state index contributed by atoms with van der Waals surface area (Å²) in [6, 6.07) is 9.53. The van der Waals surface area contributed by atoms with Gasteiger partial charge in [-0.25, -0.2) is 5.43 Å².